The molecule has 0 saturated carbocycles. The van der Waals surface area contributed by atoms with E-state index in [4.69, 9.17) is 19.9 Å². The summed E-state index contributed by atoms with van der Waals surface area (Å²) in [5.74, 6) is 1.81. The van der Waals surface area contributed by atoms with Gasteiger partial charge in [0.2, 0.25) is 5.95 Å². The second-order valence-corrected chi connectivity index (χ2v) is 14.7. The van der Waals surface area contributed by atoms with Crippen LogP contribution in [0.4, 0.5) is 0 Å². The molecule has 0 unspecified atom stereocenters. The molecule has 0 N–H and O–H groups in total. The van der Waals surface area contributed by atoms with Gasteiger partial charge in [-0.1, -0.05) is 135 Å². The SMILES string of the molecule is CC1(C)c2ccccc2-c2c1c1ccc3c(c4cc(-c5ccccn5)ccc4n3-c3nc(-c4ccccc4)nc(-c4ccccc4)n3)c1n2-c1ccccc1. The molecule has 1 aliphatic rings. The summed E-state index contributed by atoms with van der Waals surface area (Å²) in [4.78, 5) is 20.3. The van der Waals surface area contributed by atoms with Gasteiger partial charge >= 0.3 is 0 Å². The number of hydrogen-bond acceptors (Lipinski definition) is 4. The Labute approximate surface area is 318 Å². The van der Waals surface area contributed by atoms with Crippen LogP contribution in [0.1, 0.15) is 25.0 Å². The Balaban J connectivity index is 1.31. The van der Waals surface area contributed by atoms with E-state index in [1.807, 2.05) is 54.7 Å². The minimum Gasteiger partial charge on any atom is -0.308 e. The zero-order chi connectivity index (χ0) is 36.7. The van der Waals surface area contributed by atoms with Crippen LogP contribution in [0.15, 0.2) is 170 Å². The van der Waals surface area contributed by atoms with Crippen LogP contribution < -0.4 is 0 Å². The lowest BCUT2D eigenvalue weighted by Crippen LogP contribution is -2.14. The molecule has 0 saturated heterocycles. The topological polar surface area (TPSA) is 61.4 Å². The third-order valence-corrected chi connectivity index (χ3v) is 11.2. The first-order valence-electron chi connectivity index (χ1n) is 18.7. The predicted molar refractivity (Wildman–Crippen MR) is 223 cm³/mol. The van der Waals surface area contributed by atoms with E-state index < -0.39 is 0 Å². The maximum Gasteiger partial charge on any atom is 0.238 e. The number of rotatable bonds is 5. The van der Waals surface area contributed by atoms with E-state index in [9.17, 15) is 0 Å². The average molecular weight is 707 g/mol. The van der Waals surface area contributed by atoms with Crippen LogP contribution in [-0.2, 0) is 5.41 Å². The number of benzene rings is 6. The Kier molecular flexibility index (Phi) is 6.79. The minimum absolute atomic E-state index is 0.210. The molecule has 6 nitrogen and oxygen atoms in total. The summed E-state index contributed by atoms with van der Waals surface area (Å²) >= 11 is 0. The largest absolute Gasteiger partial charge is 0.308 e. The highest BCUT2D eigenvalue weighted by molar-refractivity contribution is 6.23. The fourth-order valence-electron chi connectivity index (χ4n) is 8.78. The van der Waals surface area contributed by atoms with Crippen molar-refractivity contribution in [3.05, 3.63) is 181 Å². The van der Waals surface area contributed by atoms with Crippen molar-refractivity contribution in [1.29, 1.82) is 0 Å². The number of para-hydroxylation sites is 1. The summed E-state index contributed by atoms with van der Waals surface area (Å²) in [6, 6.07) is 57.3. The van der Waals surface area contributed by atoms with E-state index >= 15 is 0 Å². The van der Waals surface area contributed by atoms with Crippen LogP contribution in [0, 0.1) is 0 Å². The Morgan fingerprint density at radius 1 is 0.509 bits per heavy atom. The van der Waals surface area contributed by atoms with Gasteiger partial charge in [0.15, 0.2) is 11.6 Å². The van der Waals surface area contributed by atoms with Crippen LogP contribution in [-0.4, -0.2) is 29.1 Å². The molecular formula is C49H34N6. The van der Waals surface area contributed by atoms with Crippen LogP contribution >= 0.6 is 0 Å². The molecule has 55 heavy (non-hydrogen) atoms. The monoisotopic (exact) mass is 706 g/mol. The molecule has 0 atom stereocenters. The molecular weight excluding hydrogens is 673 g/mol. The van der Waals surface area contributed by atoms with Crippen molar-refractivity contribution in [3.63, 3.8) is 0 Å². The fourth-order valence-corrected chi connectivity index (χ4v) is 8.78. The van der Waals surface area contributed by atoms with Gasteiger partial charge in [-0.25, -0.2) is 4.98 Å². The number of nitrogens with zero attached hydrogens (tertiary/aromatic N) is 6. The van der Waals surface area contributed by atoms with Crippen LogP contribution in [0.5, 0.6) is 0 Å². The van der Waals surface area contributed by atoms with Crippen molar-refractivity contribution in [2.75, 3.05) is 0 Å². The van der Waals surface area contributed by atoms with Gasteiger partial charge in [-0.2, -0.15) is 9.97 Å². The Morgan fingerprint density at radius 2 is 1.15 bits per heavy atom. The van der Waals surface area contributed by atoms with E-state index in [-0.39, 0.29) is 5.41 Å². The molecule has 0 amide bonds. The molecule has 0 radical (unpaired) electrons. The third-order valence-electron chi connectivity index (χ3n) is 11.2. The highest BCUT2D eigenvalue weighted by Crippen LogP contribution is 2.55. The van der Waals surface area contributed by atoms with Crippen LogP contribution in [0.3, 0.4) is 0 Å². The standard InChI is InChI=1S/C49H34N6/c1-49(2)38-23-13-12-22-35(38)45-43(49)36-26-28-41-42(44(36)54(45)34-20-10-5-11-21-34)37-30-33(39-24-14-15-29-50-39)25-27-40(37)55(41)48-52-46(31-16-6-3-7-17-31)51-47(53-48)32-18-8-4-9-19-32/h3-30H,1-2H3. The zero-order valence-electron chi connectivity index (χ0n) is 30.3. The summed E-state index contributed by atoms with van der Waals surface area (Å²) in [6.45, 7) is 4.72. The molecule has 10 aromatic rings. The van der Waals surface area contributed by atoms with Crippen LogP contribution in [0.25, 0.3) is 89.6 Å². The number of aromatic nitrogens is 6. The zero-order valence-corrected chi connectivity index (χ0v) is 30.3. The maximum atomic E-state index is 5.24. The predicted octanol–water partition coefficient (Wildman–Crippen LogP) is 11.6. The van der Waals surface area contributed by atoms with E-state index in [2.05, 4.69) is 138 Å². The molecule has 4 aromatic heterocycles. The van der Waals surface area contributed by atoms with Crippen molar-refractivity contribution < 1.29 is 0 Å². The van der Waals surface area contributed by atoms with E-state index in [0.717, 1.165) is 49.9 Å². The molecule has 260 valence electrons. The second-order valence-electron chi connectivity index (χ2n) is 14.7. The van der Waals surface area contributed by atoms with Gasteiger partial charge in [0.05, 0.1) is 27.9 Å². The van der Waals surface area contributed by atoms with Gasteiger partial charge < -0.3 is 4.57 Å². The first-order chi connectivity index (χ1) is 27.1. The molecule has 11 rings (SSSR count). The van der Waals surface area contributed by atoms with Crippen molar-refractivity contribution >= 4 is 32.7 Å². The molecule has 0 bridgehead atoms. The van der Waals surface area contributed by atoms with Gasteiger partial charge in [0, 0.05) is 55.7 Å². The number of hydrogen-bond donors (Lipinski definition) is 0. The van der Waals surface area contributed by atoms with Gasteiger partial charge in [-0.3, -0.25) is 9.55 Å². The van der Waals surface area contributed by atoms with Gasteiger partial charge in [0.1, 0.15) is 0 Å². The van der Waals surface area contributed by atoms with Gasteiger partial charge in [-0.15, -0.1) is 0 Å². The van der Waals surface area contributed by atoms with Crippen molar-refractivity contribution in [3.8, 4) is 56.9 Å². The van der Waals surface area contributed by atoms with Crippen molar-refractivity contribution in [1.82, 2.24) is 29.1 Å². The summed E-state index contributed by atoms with van der Waals surface area (Å²) < 4.78 is 4.72. The molecule has 4 heterocycles. The minimum atomic E-state index is -0.210. The van der Waals surface area contributed by atoms with Gasteiger partial charge in [0.25, 0.3) is 0 Å². The Hall–Kier alpha value is -7.18. The van der Waals surface area contributed by atoms with Crippen molar-refractivity contribution in [2.45, 2.75) is 19.3 Å². The molecule has 0 aliphatic heterocycles. The first-order valence-corrected chi connectivity index (χ1v) is 18.7. The Bertz CT molecular complexity index is 3030. The molecule has 6 aromatic carbocycles. The summed E-state index contributed by atoms with van der Waals surface area (Å²) in [5.41, 5.74) is 13.1. The normalized spacial score (nSPS) is 13.1. The second kappa shape index (κ2) is 11.9. The summed E-state index contributed by atoms with van der Waals surface area (Å²) in [5, 5.41) is 3.48. The van der Waals surface area contributed by atoms with Gasteiger partial charge in [-0.05, 0) is 53.6 Å². The van der Waals surface area contributed by atoms with Crippen molar-refractivity contribution in [2.24, 2.45) is 0 Å². The van der Waals surface area contributed by atoms with Crippen LogP contribution in [0.2, 0.25) is 0 Å². The molecule has 1 aliphatic carbocycles. The average Bonchev–Trinajstić information content (AvgIpc) is 3.85. The third kappa shape index (κ3) is 4.68. The summed E-state index contributed by atoms with van der Waals surface area (Å²) in [6.07, 6.45) is 1.85. The molecule has 0 fully saturated rings. The highest BCUT2D eigenvalue weighted by Gasteiger charge is 2.41. The first kappa shape index (κ1) is 31.4. The molecule has 0 spiro atoms. The van der Waals surface area contributed by atoms with E-state index in [1.165, 1.54) is 33.3 Å². The lowest BCUT2D eigenvalue weighted by atomic mass is 9.81. The van der Waals surface area contributed by atoms with E-state index in [0.29, 0.717) is 17.6 Å². The quantitative estimate of drug-likeness (QED) is 0.179. The lowest BCUT2D eigenvalue weighted by Gasteiger charge is -2.21. The smallest absolute Gasteiger partial charge is 0.238 e. The number of pyridine rings is 1. The lowest BCUT2D eigenvalue weighted by molar-refractivity contribution is 0.666. The fraction of sp³-hybridized carbons (Fsp3) is 0.0612. The van der Waals surface area contributed by atoms with E-state index in [1.54, 1.807) is 0 Å². The maximum absolute atomic E-state index is 5.24. The molecule has 6 heteroatoms. The highest BCUT2D eigenvalue weighted by atomic mass is 15.2. The number of fused-ring (bicyclic) bond motifs is 9. The Morgan fingerprint density at radius 3 is 1.84 bits per heavy atom. The summed E-state index contributed by atoms with van der Waals surface area (Å²) in [7, 11) is 0.